The van der Waals surface area contributed by atoms with Crippen molar-refractivity contribution in [3.8, 4) is 0 Å². The maximum atomic E-state index is 2.58. The molecular weight excluding hydrogens is 388 g/mol. The van der Waals surface area contributed by atoms with Crippen LogP contribution < -0.4 is 4.57 Å². The molecule has 0 saturated heterocycles. The fraction of sp³-hybridized carbons (Fsp3) is 0.300. The van der Waals surface area contributed by atoms with Gasteiger partial charge < -0.3 is 4.40 Å². The molecule has 0 saturated carbocycles. The fourth-order valence-electron chi connectivity index (χ4n) is 5.95. The molecule has 0 aliphatic carbocycles. The van der Waals surface area contributed by atoms with Crippen molar-refractivity contribution >= 4 is 49.0 Å². The van der Waals surface area contributed by atoms with Gasteiger partial charge in [0.15, 0.2) is 6.20 Å². The van der Waals surface area contributed by atoms with Gasteiger partial charge >= 0.3 is 0 Å². The first kappa shape index (κ1) is 19.5. The summed E-state index contributed by atoms with van der Waals surface area (Å²) >= 11 is 0. The van der Waals surface area contributed by atoms with Crippen molar-refractivity contribution in [3.05, 3.63) is 70.4 Å². The summed E-state index contributed by atoms with van der Waals surface area (Å²) in [5.41, 5.74) is 12.2. The van der Waals surface area contributed by atoms with Crippen molar-refractivity contribution in [2.45, 2.75) is 53.9 Å². The average molecular weight is 420 g/mol. The maximum absolute atomic E-state index is 2.58. The molecule has 0 amide bonds. The minimum Gasteiger partial charge on any atom is -0.307 e. The number of hydrogen-bond acceptors (Lipinski definition) is 0. The van der Waals surface area contributed by atoms with Gasteiger partial charge in [-0.2, -0.15) is 0 Å². The first-order valence-electron chi connectivity index (χ1n) is 11.6. The topological polar surface area (TPSA) is 8.29 Å². The second kappa shape index (κ2) is 6.01. The van der Waals surface area contributed by atoms with Gasteiger partial charge in [0.1, 0.15) is 7.05 Å². The van der Waals surface area contributed by atoms with E-state index in [1.165, 1.54) is 76.8 Å². The van der Waals surface area contributed by atoms with Crippen LogP contribution in [0, 0.1) is 27.7 Å². The highest BCUT2D eigenvalue weighted by Gasteiger charge is 2.29. The number of nitrogens with zero attached hydrogens (tertiary/aromatic N) is 2. The lowest BCUT2D eigenvalue weighted by Crippen LogP contribution is -2.29. The van der Waals surface area contributed by atoms with Crippen LogP contribution in [-0.2, 0) is 12.5 Å². The second-order valence-corrected chi connectivity index (χ2v) is 10.9. The molecule has 2 nitrogen and oxygen atoms in total. The van der Waals surface area contributed by atoms with Crippen molar-refractivity contribution in [2.75, 3.05) is 0 Å². The summed E-state index contributed by atoms with van der Waals surface area (Å²) in [5, 5.41) is 6.88. The maximum Gasteiger partial charge on any atom is 0.224 e. The number of benzene rings is 3. The lowest BCUT2D eigenvalue weighted by atomic mass is 9.82. The van der Waals surface area contributed by atoms with E-state index in [0.29, 0.717) is 0 Å². The smallest absolute Gasteiger partial charge is 0.224 e. The number of aromatic nitrogens is 2. The summed E-state index contributed by atoms with van der Waals surface area (Å²) in [7, 11) is 2.20. The summed E-state index contributed by atoms with van der Waals surface area (Å²) < 4.78 is 4.90. The molecule has 3 aromatic heterocycles. The van der Waals surface area contributed by atoms with Crippen LogP contribution in [0.1, 0.15) is 48.6 Å². The average Bonchev–Trinajstić information content (AvgIpc) is 3.05. The van der Waals surface area contributed by atoms with Gasteiger partial charge in [0.25, 0.3) is 0 Å². The molecule has 6 aromatic rings. The lowest BCUT2D eigenvalue weighted by Gasteiger charge is -2.23. The molecule has 160 valence electrons. The molecule has 0 fully saturated rings. The summed E-state index contributed by atoms with van der Waals surface area (Å²) in [5.74, 6) is 0. The van der Waals surface area contributed by atoms with Crippen LogP contribution >= 0.6 is 0 Å². The molecule has 6 rings (SSSR count). The zero-order valence-corrected chi connectivity index (χ0v) is 20.4. The van der Waals surface area contributed by atoms with E-state index >= 15 is 0 Å². The molecule has 0 unspecified atom stereocenters. The first-order valence-corrected chi connectivity index (χ1v) is 11.6. The third-order valence-electron chi connectivity index (χ3n) is 7.56. The van der Waals surface area contributed by atoms with E-state index in [9.17, 15) is 0 Å². The van der Waals surface area contributed by atoms with Crippen molar-refractivity contribution < 1.29 is 4.57 Å². The van der Waals surface area contributed by atoms with Gasteiger partial charge in [0, 0.05) is 16.8 Å². The first-order chi connectivity index (χ1) is 15.1. The van der Waals surface area contributed by atoms with Crippen LogP contribution in [0.3, 0.4) is 0 Å². The monoisotopic (exact) mass is 419 g/mol. The number of hydrogen-bond donors (Lipinski definition) is 0. The minimum atomic E-state index is 0.0494. The largest absolute Gasteiger partial charge is 0.307 e. The van der Waals surface area contributed by atoms with Gasteiger partial charge in [-0.25, -0.2) is 4.57 Å². The van der Waals surface area contributed by atoms with E-state index in [2.05, 4.69) is 107 Å². The third kappa shape index (κ3) is 2.28. The molecule has 2 heteroatoms. The summed E-state index contributed by atoms with van der Waals surface area (Å²) in [6.07, 6.45) is 2.24. The number of aryl methyl sites for hydroxylation is 5. The minimum absolute atomic E-state index is 0.0494. The SMILES string of the molecule is Cc1ccc2c(c1)c1c(C(C)(C)C)cc3cc[n+](C)c4c5c(C)c(C)cc(C)c5n2c1c34. The van der Waals surface area contributed by atoms with Crippen molar-refractivity contribution in [1.29, 1.82) is 0 Å². The quantitative estimate of drug-likeness (QED) is 0.138. The van der Waals surface area contributed by atoms with Crippen LogP contribution in [0.25, 0.3) is 49.0 Å². The normalized spacial score (nSPS) is 13.0. The molecule has 32 heavy (non-hydrogen) atoms. The fourth-order valence-corrected chi connectivity index (χ4v) is 5.95. The van der Waals surface area contributed by atoms with Gasteiger partial charge in [-0.05, 0) is 78.9 Å². The number of pyridine rings is 2. The molecule has 0 aliphatic rings. The van der Waals surface area contributed by atoms with Crippen molar-refractivity contribution in [2.24, 2.45) is 7.05 Å². The predicted octanol–water partition coefficient (Wildman–Crippen LogP) is 7.35. The lowest BCUT2D eigenvalue weighted by molar-refractivity contribution is -0.643. The van der Waals surface area contributed by atoms with Crippen LogP contribution in [0.2, 0.25) is 0 Å². The van der Waals surface area contributed by atoms with Gasteiger partial charge in [0.2, 0.25) is 5.52 Å². The highest BCUT2D eigenvalue weighted by Crippen LogP contribution is 2.46. The van der Waals surface area contributed by atoms with E-state index in [0.717, 1.165) is 0 Å². The Bertz CT molecular complexity index is 1740. The molecule has 0 atom stereocenters. The van der Waals surface area contributed by atoms with Crippen LogP contribution in [0.4, 0.5) is 0 Å². The summed E-state index contributed by atoms with van der Waals surface area (Å²) in [6, 6.07) is 14.1. The third-order valence-corrected chi connectivity index (χ3v) is 7.56. The summed E-state index contributed by atoms with van der Waals surface area (Å²) in [4.78, 5) is 0. The Morgan fingerprint density at radius 3 is 2.25 bits per heavy atom. The summed E-state index contributed by atoms with van der Waals surface area (Å²) in [6.45, 7) is 16.0. The standard InChI is InChI=1S/C30H31N2/c1-16-9-10-23-21(13-16)26-22(30(5,6)7)15-20-11-12-31(8)28-24-19(4)17(2)14-18(3)27(24)32(23)29(26)25(20)28/h9-15H,1-8H3/q+1. The molecule has 3 heterocycles. The Morgan fingerprint density at radius 1 is 0.781 bits per heavy atom. The van der Waals surface area contributed by atoms with E-state index in [-0.39, 0.29) is 5.41 Å². The van der Waals surface area contributed by atoms with Gasteiger partial charge in [-0.3, -0.25) is 0 Å². The highest BCUT2D eigenvalue weighted by atomic mass is 15.0. The van der Waals surface area contributed by atoms with Crippen molar-refractivity contribution in [3.63, 3.8) is 0 Å². The van der Waals surface area contributed by atoms with Crippen LogP contribution in [-0.4, -0.2) is 4.40 Å². The Labute approximate surface area is 189 Å². The van der Waals surface area contributed by atoms with Crippen LogP contribution in [0.15, 0.2) is 42.6 Å². The van der Waals surface area contributed by atoms with E-state index in [1.807, 2.05) is 0 Å². The van der Waals surface area contributed by atoms with E-state index in [1.54, 1.807) is 0 Å². The van der Waals surface area contributed by atoms with Crippen LogP contribution in [0.5, 0.6) is 0 Å². The number of rotatable bonds is 0. The molecule has 0 spiro atoms. The van der Waals surface area contributed by atoms with Crippen molar-refractivity contribution in [1.82, 2.24) is 4.40 Å². The van der Waals surface area contributed by atoms with Gasteiger partial charge in [0.05, 0.1) is 27.3 Å². The Balaban J connectivity index is 2.14. The Morgan fingerprint density at radius 2 is 1.53 bits per heavy atom. The second-order valence-electron chi connectivity index (χ2n) is 10.9. The van der Waals surface area contributed by atoms with E-state index in [4.69, 9.17) is 0 Å². The zero-order valence-electron chi connectivity index (χ0n) is 20.4. The predicted molar refractivity (Wildman–Crippen MR) is 137 cm³/mol. The highest BCUT2D eigenvalue weighted by molar-refractivity contribution is 6.28. The number of fused-ring (bicyclic) bond motifs is 6. The molecule has 0 aliphatic heterocycles. The van der Waals surface area contributed by atoms with Gasteiger partial charge in [-0.15, -0.1) is 0 Å². The Hall–Kier alpha value is -3.13. The molecule has 0 radical (unpaired) electrons. The molecule has 0 N–H and O–H groups in total. The zero-order chi connectivity index (χ0) is 22.7. The van der Waals surface area contributed by atoms with E-state index < -0.39 is 0 Å². The molecule has 0 bridgehead atoms. The molecular formula is C30H31N2+. The van der Waals surface area contributed by atoms with Gasteiger partial charge in [-0.1, -0.05) is 38.5 Å². The Kier molecular flexibility index (Phi) is 3.67. The molecule has 3 aromatic carbocycles.